The van der Waals surface area contributed by atoms with Crippen LogP contribution in [-0.4, -0.2) is 61.6 Å². The first kappa shape index (κ1) is 28.5. The number of hydrogen-bond acceptors (Lipinski definition) is 3. The van der Waals surface area contributed by atoms with Crippen molar-refractivity contribution < 1.29 is 9.59 Å². The van der Waals surface area contributed by atoms with E-state index in [-0.39, 0.29) is 23.8 Å². The molecule has 8 heteroatoms. The lowest BCUT2D eigenvalue weighted by Gasteiger charge is -2.38. The van der Waals surface area contributed by atoms with Crippen molar-refractivity contribution in [3.63, 3.8) is 0 Å². The number of rotatable bonds is 8. The van der Waals surface area contributed by atoms with E-state index in [9.17, 15) is 9.59 Å². The lowest BCUT2D eigenvalue weighted by Crippen LogP contribution is -2.56. The molecule has 214 valence electrons. The van der Waals surface area contributed by atoms with Crippen LogP contribution in [0.25, 0.3) is 10.9 Å². The first-order chi connectivity index (χ1) is 19.3. The molecule has 1 aliphatic carbocycles. The van der Waals surface area contributed by atoms with E-state index in [0.29, 0.717) is 24.0 Å². The van der Waals surface area contributed by atoms with Gasteiger partial charge in [0.05, 0.1) is 0 Å². The van der Waals surface area contributed by atoms with Gasteiger partial charge in [0.25, 0.3) is 0 Å². The Bertz CT molecular complexity index is 1330. The van der Waals surface area contributed by atoms with Crippen LogP contribution >= 0.6 is 11.6 Å². The molecule has 1 fully saturated rings. The molecule has 5 rings (SSSR count). The van der Waals surface area contributed by atoms with Gasteiger partial charge in [-0.1, -0.05) is 56.0 Å². The summed E-state index contributed by atoms with van der Waals surface area (Å²) in [4.78, 5) is 35.2. The Balaban J connectivity index is 1.44. The minimum atomic E-state index is -0.743. The number of halogens is 1. The number of para-hydroxylation sites is 1. The van der Waals surface area contributed by atoms with Gasteiger partial charge in [-0.05, 0) is 80.6 Å². The Morgan fingerprint density at radius 3 is 2.65 bits per heavy atom. The van der Waals surface area contributed by atoms with Gasteiger partial charge in [0.1, 0.15) is 6.04 Å². The lowest BCUT2D eigenvalue weighted by atomic mass is 9.88. The van der Waals surface area contributed by atoms with Gasteiger partial charge >= 0.3 is 6.03 Å². The first-order valence-corrected chi connectivity index (χ1v) is 15.0. The van der Waals surface area contributed by atoms with Gasteiger partial charge in [0.15, 0.2) is 0 Å². The molecule has 1 aliphatic heterocycles. The largest absolute Gasteiger partial charge is 0.361 e. The van der Waals surface area contributed by atoms with Crippen LogP contribution in [0.15, 0.2) is 48.7 Å². The van der Waals surface area contributed by atoms with E-state index in [1.165, 1.54) is 19.3 Å². The predicted octanol–water partition coefficient (Wildman–Crippen LogP) is 5.94. The van der Waals surface area contributed by atoms with Crippen LogP contribution in [-0.2, 0) is 11.2 Å². The number of urea groups is 1. The van der Waals surface area contributed by atoms with Crippen molar-refractivity contribution in [1.82, 2.24) is 20.5 Å². The maximum Gasteiger partial charge on any atom is 0.315 e. The molecular weight excluding hydrogens is 522 g/mol. The number of nitrogens with zero attached hydrogens (tertiary/aromatic N) is 2. The summed E-state index contributed by atoms with van der Waals surface area (Å²) in [6.07, 6.45) is 8.84. The smallest absolute Gasteiger partial charge is 0.315 e. The third-order valence-corrected chi connectivity index (χ3v) is 8.85. The highest BCUT2D eigenvalue weighted by Crippen LogP contribution is 2.35. The number of fused-ring (bicyclic) bond motifs is 2. The third-order valence-electron chi connectivity index (χ3n) is 8.61. The number of benzene rings is 2. The molecule has 3 atom stereocenters. The minimum absolute atomic E-state index is 0.0994. The zero-order valence-electron chi connectivity index (χ0n) is 23.9. The van der Waals surface area contributed by atoms with Gasteiger partial charge in [0.2, 0.25) is 5.91 Å². The van der Waals surface area contributed by atoms with Crippen molar-refractivity contribution in [2.24, 2.45) is 11.8 Å². The quantitative estimate of drug-likeness (QED) is 0.317. The Hall–Kier alpha value is -3.03. The molecule has 2 heterocycles. The Morgan fingerprint density at radius 2 is 1.88 bits per heavy atom. The van der Waals surface area contributed by atoms with Crippen LogP contribution in [0.3, 0.4) is 0 Å². The van der Waals surface area contributed by atoms with E-state index in [2.05, 4.69) is 40.7 Å². The van der Waals surface area contributed by atoms with Crippen molar-refractivity contribution in [1.29, 1.82) is 0 Å². The number of nitrogens with one attached hydrogen (secondary N) is 3. The van der Waals surface area contributed by atoms with Crippen LogP contribution in [0.2, 0.25) is 5.02 Å². The van der Waals surface area contributed by atoms with Crippen molar-refractivity contribution in [3.8, 4) is 0 Å². The van der Waals surface area contributed by atoms with Gasteiger partial charge in [0, 0.05) is 53.4 Å². The fraction of sp³-hybridized carbons (Fsp3) is 0.500. The normalized spacial score (nSPS) is 19.3. The fourth-order valence-electron chi connectivity index (χ4n) is 6.60. The summed E-state index contributed by atoms with van der Waals surface area (Å²) in [6, 6.07) is 12.8. The molecule has 3 N–H and O–H groups in total. The molecule has 3 aromatic rings. The predicted molar refractivity (Wildman–Crippen MR) is 163 cm³/mol. The van der Waals surface area contributed by atoms with E-state index < -0.39 is 6.04 Å². The highest BCUT2D eigenvalue weighted by molar-refractivity contribution is 6.30. The van der Waals surface area contributed by atoms with E-state index in [0.717, 1.165) is 53.5 Å². The van der Waals surface area contributed by atoms with Crippen LogP contribution in [0.1, 0.15) is 56.1 Å². The maximum atomic E-state index is 14.5. The number of H-pyrrole nitrogens is 1. The summed E-state index contributed by atoms with van der Waals surface area (Å²) in [5, 5.41) is 7.93. The Kier molecular flexibility index (Phi) is 9.01. The van der Waals surface area contributed by atoms with E-state index in [4.69, 9.17) is 11.6 Å². The van der Waals surface area contributed by atoms with Crippen LogP contribution in [0.4, 0.5) is 10.5 Å². The second kappa shape index (κ2) is 12.6. The number of aromatic nitrogens is 1. The zero-order valence-corrected chi connectivity index (χ0v) is 24.6. The third kappa shape index (κ3) is 6.47. The molecule has 40 heavy (non-hydrogen) atoms. The molecule has 0 spiro atoms. The van der Waals surface area contributed by atoms with Crippen molar-refractivity contribution in [2.45, 2.75) is 57.4 Å². The molecule has 0 bridgehead atoms. The van der Waals surface area contributed by atoms with Crippen LogP contribution < -0.4 is 15.5 Å². The average Bonchev–Trinajstić information content (AvgIpc) is 3.38. The average molecular weight is 564 g/mol. The molecule has 1 aromatic heterocycles. The maximum absolute atomic E-state index is 14.5. The molecule has 2 aromatic carbocycles. The summed E-state index contributed by atoms with van der Waals surface area (Å²) < 4.78 is 0. The highest BCUT2D eigenvalue weighted by atomic mass is 35.5. The minimum Gasteiger partial charge on any atom is -0.361 e. The van der Waals surface area contributed by atoms with Gasteiger partial charge in [-0.3, -0.25) is 4.79 Å². The summed E-state index contributed by atoms with van der Waals surface area (Å²) in [5.74, 6) is 0.408. The molecule has 7 nitrogen and oxygen atoms in total. The van der Waals surface area contributed by atoms with Gasteiger partial charge < -0.3 is 25.4 Å². The summed E-state index contributed by atoms with van der Waals surface area (Å²) in [7, 11) is 4.11. The van der Waals surface area contributed by atoms with Gasteiger partial charge in [-0.25, -0.2) is 4.79 Å². The lowest BCUT2D eigenvalue weighted by molar-refractivity contribution is -0.121. The fourth-order valence-corrected chi connectivity index (χ4v) is 6.79. The van der Waals surface area contributed by atoms with E-state index >= 15 is 0 Å². The Labute approximate surface area is 242 Å². The topological polar surface area (TPSA) is 80.5 Å². The number of amides is 3. The zero-order chi connectivity index (χ0) is 28.2. The molecule has 2 unspecified atom stereocenters. The number of carbonyl (C=O) groups excluding carboxylic acids is 2. The number of hydrogen-bond donors (Lipinski definition) is 3. The molecular formula is C32H42ClN5O2. The second-order valence-electron chi connectivity index (χ2n) is 12.0. The van der Waals surface area contributed by atoms with Gasteiger partial charge in [-0.15, -0.1) is 0 Å². The highest BCUT2D eigenvalue weighted by Gasteiger charge is 2.37. The molecule has 0 radical (unpaired) electrons. The number of anilines is 1. The second-order valence-corrected chi connectivity index (χ2v) is 12.4. The van der Waals surface area contributed by atoms with Crippen LogP contribution in [0, 0.1) is 11.8 Å². The molecule has 2 aliphatic rings. The molecule has 1 saturated carbocycles. The summed E-state index contributed by atoms with van der Waals surface area (Å²) in [6.45, 7) is 4.12. The molecule has 0 saturated heterocycles. The van der Waals surface area contributed by atoms with Crippen molar-refractivity contribution >= 4 is 40.1 Å². The first-order valence-electron chi connectivity index (χ1n) is 14.6. The van der Waals surface area contributed by atoms with Crippen molar-refractivity contribution in [3.05, 3.63) is 64.8 Å². The Morgan fingerprint density at radius 1 is 1.10 bits per heavy atom. The van der Waals surface area contributed by atoms with E-state index in [1.54, 1.807) is 0 Å². The van der Waals surface area contributed by atoms with E-state index in [1.807, 2.05) is 54.4 Å². The van der Waals surface area contributed by atoms with Gasteiger partial charge in [-0.2, -0.15) is 0 Å². The summed E-state index contributed by atoms with van der Waals surface area (Å²) in [5.41, 5.74) is 3.98. The summed E-state index contributed by atoms with van der Waals surface area (Å²) >= 11 is 6.38. The standard InChI is InChI=1S/C32H42ClN5O2/c1-21(27-18-34-28-12-8-7-11-26(27)28)30(36-32(40)35-17-22-9-5-4-6-10-22)31(39)38-20-23(19-37(2)3)15-24-16-25(33)13-14-29(24)38/h7-8,11-14,16,18,21-23,30,34H,4-6,9-10,15,17,19-20H2,1-3H3,(H2,35,36,40)/t21?,23-,30?/m1/s1. The number of carbonyl (C=O) groups is 2. The molecule has 3 amide bonds. The number of aromatic amines is 1. The van der Waals surface area contributed by atoms with Crippen LogP contribution in [0.5, 0.6) is 0 Å². The monoisotopic (exact) mass is 563 g/mol. The SMILES string of the molecule is CC(c1c[nH]c2ccccc12)C(NC(=O)NCC1CCCCC1)C(=O)N1C[C@@H](CN(C)C)Cc2cc(Cl)ccc21. The van der Waals surface area contributed by atoms with Crippen molar-refractivity contribution in [2.75, 3.05) is 38.6 Å².